The van der Waals surface area contributed by atoms with E-state index in [4.69, 9.17) is 20.9 Å². The van der Waals surface area contributed by atoms with Gasteiger partial charge in [-0.15, -0.1) is 6.58 Å². The standard InChI is InChI=1S/C30H38N2O4/c1-4-5-6-21-7-12-23(13-8-21)29(34)36-25-15-9-22(10-16-25)11-18-28(33)35-20-30(2,3)26-17-14-24(31)19-27(26)32/h4,9-11,14-19,21,23H,1,5-8,12-13,20,31-32H2,2-3H3/b18-11+. The Labute approximate surface area is 214 Å². The van der Waals surface area contributed by atoms with E-state index in [0.29, 0.717) is 23.0 Å². The molecule has 36 heavy (non-hydrogen) atoms. The van der Waals surface area contributed by atoms with Crippen LogP contribution in [-0.2, 0) is 19.7 Å². The van der Waals surface area contributed by atoms with Gasteiger partial charge in [-0.1, -0.05) is 38.1 Å². The second kappa shape index (κ2) is 12.4. The SMILES string of the molecule is C=CCCC1CCC(C(=O)Oc2ccc(/C=C/C(=O)OCC(C)(C)c3ccc(N)cc3N)cc2)CC1. The smallest absolute Gasteiger partial charge is 0.330 e. The van der Waals surface area contributed by atoms with Crippen LogP contribution in [0.3, 0.4) is 0 Å². The predicted octanol–water partition coefficient (Wildman–Crippen LogP) is 6.06. The molecule has 1 aliphatic carbocycles. The molecule has 1 saturated carbocycles. The zero-order chi connectivity index (χ0) is 26.1. The van der Waals surface area contributed by atoms with E-state index >= 15 is 0 Å². The van der Waals surface area contributed by atoms with Crippen LogP contribution < -0.4 is 16.2 Å². The highest BCUT2D eigenvalue weighted by atomic mass is 16.5. The van der Waals surface area contributed by atoms with Crippen LogP contribution in [0.5, 0.6) is 5.75 Å². The molecule has 0 heterocycles. The Morgan fingerprint density at radius 2 is 1.75 bits per heavy atom. The first-order chi connectivity index (χ1) is 17.2. The molecule has 6 nitrogen and oxygen atoms in total. The molecule has 1 fully saturated rings. The van der Waals surface area contributed by atoms with Crippen molar-refractivity contribution in [3.05, 3.63) is 72.3 Å². The lowest BCUT2D eigenvalue weighted by atomic mass is 9.80. The molecule has 6 heteroatoms. The summed E-state index contributed by atoms with van der Waals surface area (Å²) in [5.74, 6) is 0.555. The lowest BCUT2D eigenvalue weighted by Gasteiger charge is -2.26. The second-order valence-electron chi connectivity index (χ2n) is 10.2. The van der Waals surface area contributed by atoms with Crippen molar-refractivity contribution in [2.24, 2.45) is 11.8 Å². The Balaban J connectivity index is 1.46. The van der Waals surface area contributed by atoms with Crippen molar-refractivity contribution < 1.29 is 19.1 Å². The number of nitrogen functional groups attached to an aromatic ring is 2. The van der Waals surface area contributed by atoms with Crippen LogP contribution in [-0.4, -0.2) is 18.5 Å². The number of carbonyl (C=O) groups excluding carboxylic acids is 2. The molecule has 2 aromatic carbocycles. The van der Waals surface area contributed by atoms with Crippen molar-refractivity contribution in [2.75, 3.05) is 18.1 Å². The van der Waals surface area contributed by atoms with Crippen molar-refractivity contribution in [3.8, 4) is 5.75 Å². The Bertz CT molecular complexity index is 1080. The van der Waals surface area contributed by atoms with Gasteiger partial charge < -0.3 is 20.9 Å². The molecule has 0 aliphatic heterocycles. The van der Waals surface area contributed by atoms with Crippen LogP contribution in [0, 0.1) is 11.8 Å². The molecule has 4 N–H and O–H groups in total. The van der Waals surface area contributed by atoms with Gasteiger partial charge in [-0.2, -0.15) is 0 Å². The monoisotopic (exact) mass is 490 g/mol. The van der Waals surface area contributed by atoms with Gasteiger partial charge in [0.2, 0.25) is 0 Å². The number of benzene rings is 2. The van der Waals surface area contributed by atoms with E-state index in [1.54, 1.807) is 42.5 Å². The number of hydrogen-bond donors (Lipinski definition) is 2. The Hall–Kier alpha value is -3.54. The number of nitrogens with two attached hydrogens (primary N) is 2. The molecule has 1 aliphatic rings. The average molecular weight is 491 g/mol. The summed E-state index contributed by atoms with van der Waals surface area (Å²) in [6.07, 6.45) is 11.1. The zero-order valence-corrected chi connectivity index (χ0v) is 21.4. The van der Waals surface area contributed by atoms with Crippen LogP contribution >= 0.6 is 0 Å². The van der Waals surface area contributed by atoms with Crippen LogP contribution in [0.1, 0.15) is 63.5 Å². The molecule has 3 rings (SSSR count). The third-order valence-electron chi connectivity index (χ3n) is 6.85. The first-order valence-electron chi connectivity index (χ1n) is 12.6. The molecule has 0 unspecified atom stereocenters. The second-order valence-corrected chi connectivity index (χ2v) is 10.2. The molecule has 0 saturated heterocycles. The summed E-state index contributed by atoms with van der Waals surface area (Å²) in [4.78, 5) is 24.8. The summed E-state index contributed by atoms with van der Waals surface area (Å²) in [6.45, 7) is 7.88. The van der Waals surface area contributed by atoms with Crippen molar-refractivity contribution in [2.45, 2.75) is 57.8 Å². The summed E-state index contributed by atoms with van der Waals surface area (Å²) >= 11 is 0. The quantitative estimate of drug-likeness (QED) is 0.138. The van der Waals surface area contributed by atoms with E-state index in [1.165, 1.54) is 6.08 Å². The molecule has 0 bridgehead atoms. The summed E-state index contributed by atoms with van der Waals surface area (Å²) in [6, 6.07) is 12.4. The van der Waals surface area contributed by atoms with E-state index in [1.807, 2.05) is 26.0 Å². The number of esters is 2. The molecule has 0 radical (unpaired) electrons. The van der Waals surface area contributed by atoms with Gasteiger partial charge in [-0.05, 0) is 85.9 Å². The maximum atomic E-state index is 12.6. The zero-order valence-electron chi connectivity index (χ0n) is 21.4. The van der Waals surface area contributed by atoms with Crippen molar-refractivity contribution in [3.63, 3.8) is 0 Å². The third-order valence-corrected chi connectivity index (χ3v) is 6.85. The van der Waals surface area contributed by atoms with Gasteiger partial charge in [-0.3, -0.25) is 4.79 Å². The lowest BCUT2D eigenvalue weighted by molar-refractivity contribution is -0.140. The van der Waals surface area contributed by atoms with Gasteiger partial charge in [0.25, 0.3) is 0 Å². The van der Waals surface area contributed by atoms with Crippen LogP contribution in [0.15, 0.2) is 61.2 Å². The first-order valence-corrected chi connectivity index (χ1v) is 12.6. The number of carbonyl (C=O) groups is 2. The number of anilines is 2. The van der Waals surface area contributed by atoms with Gasteiger partial charge in [0.15, 0.2) is 0 Å². The molecular weight excluding hydrogens is 452 g/mol. The molecule has 192 valence electrons. The minimum Gasteiger partial charge on any atom is -0.462 e. The summed E-state index contributed by atoms with van der Waals surface area (Å²) < 4.78 is 11.1. The van der Waals surface area contributed by atoms with Gasteiger partial charge >= 0.3 is 11.9 Å². The number of hydrogen-bond acceptors (Lipinski definition) is 6. The molecule has 0 atom stereocenters. The van der Waals surface area contributed by atoms with E-state index in [0.717, 1.165) is 49.7 Å². The summed E-state index contributed by atoms with van der Waals surface area (Å²) in [5, 5.41) is 0. The van der Waals surface area contributed by atoms with Gasteiger partial charge in [0.05, 0.1) is 5.92 Å². The Morgan fingerprint density at radius 1 is 1.06 bits per heavy atom. The predicted molar refractivity (Wildman–Crippen MR) is 145 cm³/mol. The van der Waals surface area contributed by atoms with E-state index in [-0.39, 0.29) is 18.5 Å². The van der Waals surface area contributed by atoms with Crippen molar-refractivity contribution in [1.29, 1.82) is 0 Å². The average Bonchev–Trinajstić information content (AvgIpc) is 2.86. The fourth-order valence-electron chi connectivity index (χ4n) is 4.63. The molecular formula is C30H38N2O4. The largest absolute Gasteiger partial charge is 0.462 e. The van der Waals surface area contributed by atoms with Gasteiger partial charge in [0.1, 0.15) is 12.4 Å². The van der Waals surface area contributed by atoms with E-state index < -0.39 is 11.4 Å². The topological polar surface area (TPSA) is 105 Å². The highest BCUT2D eigenvalue weighted by molar-refractivity contribution is 5.87. The van der Waals surface area contributed by atoms with Crippen LogP contribution in [0.25, 0.3) is 6.08 Å². The molecule has 0 amide bonds. The minimum atomic E-state index is -0.461. The maximum absolute atomic E-state index is 12.6. The fourth-order valence-corrected chi connectivity index (χ4v) is 4.63. The van der Waals surface area contributed by atoms with E-state index in [9.17, 15) is 9.59 Å². The molecule has 0 aromatic heterocycles. The Morgan fingerprint density at radius 3 is 2.39 bits per heavy atom. The fraction of sp³-hybridized carbons (Fsp3) is 0.400. The highest BCUT2D eigenvalue weighted by Crippen LogP contribution is 2.33. The summed E-state index contributed by atoms with van der Waals surface area (Å²) in [5.41, 5.74) is 14.2. The van der Waals surface area contributed by atoms with Crippen molar-refractivity contribution >= 4 is 29.4 Å². The van der Waals surface area contributed by atoms with Crippen molar-refractivity contribution in [1.82, 2.24) is 0 Å². The minimum absolute atomic E-state index is 0.0350. The van der Waals surface area contributed by atoms with Crippen LogP contribution in [0.2, 0.25) is 0 Å². The Kier molecular flexibility index (Phi) is 9.34. The maximum Gasteiger partial charge on any atom is 0.330 e. The first kappa shape index (κ1) is 27.1. The molecule has 2 aromatic rings. The normalized spacial score (nSPS) is 18.1. The van der Waals surface area contributed by atoms with Crippen LogP contribution in [0.4, 0.5) is 11.4 Å². The lowest BCUT2D eigenvalue weighted by Crippen LogP contribution is -2.27. The highest BCUT2D eigenvalue weighted by Gasteiger charge is 2.27. The van der Waals surface area contributed by atoms with E-state index in [2.05, 4.69) is 6.58 Å². The number of rotatable bonds is 10. The van der Waals surface area contributed by atoms with Gasteiger partial charge in [-0.25, -0.2) is 4.79 Å². The number of allylic oxidation sites excluding steroid dienone is 1. The van der Waals surface area contributed by atoms with Gasteiger partial charge in [0, 0.05) is 22.9 Å². The third kappa shape index (κ3) is 7.74. The number of ether oxygens (including phenoxy) is 2. The molecule has 0 spiro atoms. The summed E-state index contributed by atoms with van der Waals surface area (Å²) in [7, 11) is 0.